The van der Waals surface area contributed by atoms with Crippen LogP contribution in [0.2, 0.25) is 0 Å². The summed E-state index contributed by atoms with van der Waals surface area (Å²) in [5.74, 6) is 0. The van der Waals surface area contributed by atoms with Crippen LogP contribution in [0.25, 0.3) is 0 Å². The molecule has 6 heteroatoms. The number of hydrogen-bond acceptors (Lipinski definition) is 3. The smallest absolute Gasteiger partial charge is 0.266 e. The second kappa shape index (κ2) is 4.74. The van der Waals surface area contributed by atoms with Crippen LogP contribution in [0.4, 0.5) is 8.78 Å². The van der Waals surface area contributed by atoms with Crippen LogP contribution < -0.4 is 5.73 Å². The molecule has 0 unspecified atom stereocenters. The first kappa shape index (κ1) is 11.4. The van der Waals surface area contributed by atoms with E-state index in [0.29, 0.717) is 9.86 Å². The first-order chi connectivity index (χ1) is 6.60. The first-order valence-corrected chi connectivity index (χ1v) is 4.80. The molecule has 0 atom stereocenters. The van der Waals surface area contributed by atoms with Gasteiger partial charge in [-0.05, 0) is 28.7 Å². The molecule has 0 radical (unpaired) electrons. The van der Waals surface area contributed by atoms with Crippen molar-refractivity contribution in [2.45, 2.75) is 13.0 Å². The number of carbonyl (C=O) groups is 1. The molecule has 0 fully saturated rings. The molecule has 0 saturated heterocycles. The molecule has 0 amide bonds. The van der Waals surface area contributed by atoms with Crippen LogP contribution in [-0.4, -0.2) is 11.3 Å². The number of pyridine rings is 1. The third-order valence-corrected chi connectivity index (χ3v) is 2.53. The van der Waals surface area contributed by atoms with Gasteiger partial charge in [-0.15, -0.1) is 0 Å². The summed E-state index contributed by atoms with van der Waals surface area (Å²) in [6.07, 6.45) is -2.11. The van der Waals surface area contributed by atoms with Gasteiger partial charge in [-0.25, -0.2) is 13.8 Å². The van der Waals surface area contributed by atoms with Gasteiger partial charge in [0.2, 0.25) is 0 Å². The van der Waals surface area contributed by atoms with Crippen LogP contribution in [0.5, 0.6) is 0 Å². The van der Waals surface area contributed by atoms with Crippen LogP contribution in [0.3, 0.4) is 0 Å². The highest BCUT2D eigenvalue weighted by Crippen LogP contribution is 2.27. The third kappa shape index (κ3) is 2.24. The molecule has 0 saturated carbocycles. The topological polar surface area (TPSA) is 56.0 Å². The minimum absolute atomic E-state index is 0.0778. The van der Waals surface area contributed by atoms with Crippen molar-refractivity contribution in [3.8, 4) is 0 Å². The maximum Gasteiger partial charge on any atom is 0.266 e. The predicted molar refractivity (Wildman–Crippen MR) is 55.2 cm³/mol. The molecular formula is C8H7F2IN2O. The van der Waals surface area contributed by atoms with Gasteiger partial charge in [0, 0.05) is 10.1 Å². The molecule has 3 nitrogen and oxygen atoms in total. The summed E-state index contributed by atoms with van der Waals surface area (Å²) in [5.41, 5.74) is 5.29. The summed E-state index contributed by atoms with van der Waals surface area (Å²) in [6.45, 7) is -0.0998. The fourth-order valence-corrected chi connectivity index (χ4v) is 1.91. The Morgan fingerprint density at radius 3 is 2.71 bits per heavy atom. The lowest BCUT2D eigenvalue weighted by atomic mass is 10.2. The average Bonchev–Trinajstić information content (AvgIpc) is 2.15. The molecule has 0 bridgehead atoms. The maximum absolute atomic E-state index is 12.5. The van der Waals surface area contributed by atoms with Crippen molar-refractivity contribution in [2.75, 3.05) is 0 Å². The van der Waals surface area contributed by atoms with Crippen LogP contribution >= 0.6 is 22.6 Å². The fourth-order valence-electron chi connectivity index (χ4n) is 1.04. The summed E-state index contributed by atoms with van der Waals surface area (Å²) < 4.78 is 25.4. The lowest BCUT2D eigenvalue weighted by molar-refractivity contribution is 0.111. The Kier molecular flexibility index (Phi) is 3.87. The highest BCUT2D eigenvalue weighted by Gasteiger charge is 2.18. The Balaban J connectivity index is 3.34. The molecule has 2 N–H and O–H groups in total. The van der Waals surface area contributed by atoms with Crippen LogP contribution in [-0.2, 0) is 6.54 Å². The van der Waals surface area contributed by atoms with E-state index in [1.165, 1.54) is 6.07 Å². The monoisotopic (exact) mass is 312 g/mol. The Hall–Kier alpha value is -0.630. The van der Waals surface area contributed by atoms with E-state index in [4.69, 9.17) is 5.73 Å². The van der Waals surface area contributed by atoms with Gasteiger partial charge in [-0.1, -0.05) is 0 Å². The molecule has 76 valence electrons. The van der Waals surface area contributed by atoms with Gasteiger partial charge < -0.3 is 5.73 Å². The first-order valence-electron chi connectivity index (χ1n) is 3.72. The zero-order valence-corrected chi connectivity index (χ0v) is 9.16. The van der Waals surface area contributed by atoms with E-state index in [1.54, 1.807) is 22.6 Å². The van der Waals surface area contributed by atoms with E-state index < -0.39 is 6.43 Å². The lowest BCUT2D eigenvalue weighted by Crippen LogP contribution is -2.09. The summed E-state index contributed by atoms with van der Waals surface area (Å²) in [6, 6.07) is 1.31. The number of nitrogens with two attached hydrogens (primary N) is 1. The maximum atomic E-state index is 12.5. The minimum atomic E-state index is -2.62. The highest BCUT2D eigenvalue weighted by atomic mass is 127. The molecule has 1 aromatic rings. The Bertz CT molecular complexity index is 357. The van der Waals surface area contributed by atoms with Crippen LogP contribution in [0, 0.1) is 3.57 Å². The molecule has 1 aromatic heterocycles. The van der Waals surface area contributed by atoms with E-state index in [1.807, 2.05) is 0 Å². The molecule has 0 aliphatic rings. The lowest BCUT2D eigenvalue weighted by Gasteiger charge is -2.08. The van der Waals surface area contributed by atoms with E-state index in [9.17, 15) is 13.6 Å². The molecule has 1 heterocycles. The van der Waals surface area contributed by atoms with Gasteiger partial charge in [-0.3, -0.25) is 4.79 Å². The van der Waals surface area contributed by atoms with Crippen molar-refractivity contribution in [3.05, 3.63) is 26.6 Å². The molecule has 14 heavy (non-hydrogen) atoms. The molecule has 0 spiro atoms. The molecule has 0 aliphatic heterocycles. The van der Waals surface area contributed by atoms with Gasteiger partial charge in [-0.2, -0.15) is 0 Å². The van der Waals surface area contributed by atoms with Gasteiger partial charge in [0.25, 0.3) is 6.43 Å². The normalized spacial score (nSPS) is 10.6. The number of nitrogens with zero attached hydrogens (tertiary/aromatic N) is 1. The summed E-state index contributed by atoms with van der Waals surface area (Å²) in [4.78, 5) is 14.1. The summed E-state index contributed by atoms with van der Waals surface area (Å²) >= 11 is 1.74. The summed E-state index contributed by atoms with van der Waals surface area (Å²) in [7, 11) is 0. The third-order valence-electron chi connectivity index (χ3n) is 1.64. The molecular weight excluding hydrogens is 305 g/mol. The number of aromatic nitrogens is 1. The number of hydrogen-bond donors (Lipinski definition) is 1. The van der Waals surface area contributed by atoms with E-state index in [0.717, 1.165) is 0 Å². The van der Waals surface area contributed by atoms with Gasteiger partial charge in [0.15, 0.2) is 6.29 Å². The van der Waals surface area contributed by atoms with Crippen molar-refractivity contribution < 1.29 is 13.6 Å². The van der Waals surface area contributed by atoms with E-state index >= 15 is 0 Å². The number of rotatable bonds is 3. The molecule has 0 aliphatic carbocycles. The van der Waals surface area contributed by atoms with Crippen molar-refractivity contribution >= 4 is 28.9 Å². The number of aldehydes is 1. The second-order valence-corrected chi connectivity index (χ2v) is 3.67. The fraction of sp³-hybridized carbons (Fsp3) is 0.250. The van der Waals surface area contributed by atoms with E-state index in [2.05, 4.69) is 4.98 Å². The largest absolute Gasteiger partial charge is 0.325 e. The zero-order valence-electron chi connectivity index (χ0n) is 7.01. The number of carbonyl (C=O) groups excluding carboxylic acids is 1. The van der Waals surface area contributed by atoms with Gasteiger partial charge in [0.05, 0.1) is 11.3 Å². The Morgan fingerprint density at radius 2 is 2.29 bits per heavy atom. The minimum Gasteiger partial charge on any atom is -0.325 e. The van der Waals surface area contributed by atoms with Gasteiger partial charge >= 0.3 is 0 Å². The molecule has 1 rings (SSSR count). The van der Waals surface area contributed by atoms with Crippen molar-refractivity contribution in [3.63, 3.8) is 0 Å². The predicted octanol–water partition coefficient (Wildman–Crippen LogP) is 1.89. The van der Waals surface area contributed by atoms with Crippen LogP contribution in [0.15, 0.2) is 6.07 Å². The number of halogens is 3. The van der Waals surface area contributed by atoms with Crippen molar-refractivity contribution in [2.24, 2.45) is 5.73 Å². The highest BCUT2D eigenvalue weighted by molar-refractivity contribution is 14.1. The van der Waals surface area contributed by atoms with Crippen LogP contribution in [0.1, 0.15) is 28.2 Å². The average molecular weight is 312 g/mol. The zero-order chi connectivity index (χ0) is 10.7. The standard InChI is InChI=1S/C8H7F2IN2O/c9-8(10)7-5(11)1-4(3-14)13-6(7)2-12/h1,3,8H,2,12H2. The SMILES string of the molecule is NCc1nc(C=O)cc(I)c1C(F)F. The van der Waals surface area contributed by atoms with Crippen molar-refractivity contribution in [1.29, 1.82) is 0 Å². The van der Waals surface area contributed by atoms with Gasteiger partial charge in [0.1, 0.15) is 5.69 Å². The second-order valence-electron chi connectivity index (χ2n) is 2.51. The number of alkyl halides is 2. The summed E-state index contributed by atoms with van der Waals surface area (Å²) in [5, 5.41) is 0. The molecule has 0 aromatic carbocycles. The quantitative estimate of drug-likeness (QED) is 0.685. The Morgan fingerprint density at radius 1 is 1.64 bits per heavy atom. The van der Waals surface area contributed by atoms with Crippen molar-refractivity contribution in [1.82, 2.24) is 4.98 Å². The Labute approximate surface area is 92.8 Å². The van der Waals surface area contributed by atoms with E-state index in [-0.39, 0.29) is 23.5 Å².